The molecule has 0 saturated heterocycles. The van der Waals surface area contributed by atoms with Crippen molar-refractivity contribution in [1.29, 1.82) is 0 Å². The molecule has 0 unspecified atom stereocenters. The third-order valence-corrected chi connectivity index (χ3v) is 12.6. The van der Waals surface area contributed by atoms with E-state index in [-0.39, 0.29) is 70.8 Å². The van der Waals surface area contributed by atoms with Crippen molar-refractivity contribution >= 4 is 27.8 Å². The van der Waals surface area contributed by atoms with E-state index in [0.717, 1.165) is 66.4 Å². The summed E-state index contributed by atoms with van der Waals surface area (Å²) in [5.74, 6) is 0. The fourth-order valence-corrected chi connectivity index (χ4v) is 9.69. The van der Waals surface area contributed by atoms with Crippen molar-refractivity contribution in [1.82, 2.24) is 0 Å². The summed E-state index contributed by atoms with van der Waals surface area (Å²) >= 11 is 0. The van der Waals surface area contributed by atoms with Crippen LogP contribution in [0.1, 0.15) is 60.9 Å². The van der Waals surface area contributed by atoms with Gasteiger partial charge in [0.05, 0.1) is 11.0 Å². The van der Waals surface area contributed by atoms with Gasteiger partial charge in [0.2, 0.25) is 0 Å². The normalized spacial score (nSPS) is 15.9. The lowest BCUT2D eigenvalue weighted by atomic mass is 9.79. The molecule has 0 heterocycles. The van der Waals surface area contributed by atoms with Gasteiger partial charge in [-0.3, -0.25) is 0 Å². The number of fused-ring (bicyclic) bond motifs is 7. The monoisotopic (exact) mass is 763 g/mol. The van der Waals surface area contributed by atoms with Crippen molar-refractivity contribution in [3.8, 4) is 55.6 Å². The van der Waals surface area contributed by atoms with Gasteiger partial charge >= 0.3 is 0 Å². The summed E-state index contributed by atoms with van der Waals surface area (Å²) in [6.07, 6.45) is 0. The maximum Gasteiger partial charge on any atom is 0.0645 e. The highest BCUT2D eigenvalue weighted by Gasteiger charge is 2.38. The second-order valence-electron chi connectivity index (χ2n) is 16.7. The highest BCUT2D eigenvalue weighted by Crippen LogP contribution is 2.53. The molecule has 1 heteroatoms. The molecule has 11 rings (SSSR count). The van der Waals surface area contributed by atoms with Crippen LogP contribution in [0.25, 0.3) is 66.4 Å². The Bertz CT molecular complexity index is 3530. The standard InChI is InChI=1S/C58H45N/c1-57(2)53-24-9-7-19-49(53)51-35-34-45(37-55(51)57)59(44-32-28-40(29-33-44)48-22-13-23-52-50-20-8-10-25-54(50)58(3,4)56(48)52)43-30-26-38(27-31-43)41-16-11-17-42(36-41)47-21-12-15-39-14-5-6-18-46(39)47/h5-37H,1-4H3/i26D,27D,28D,29D,30D,31D,32D,33D. The molecule has 0 radical (unpaired) electrons. The molecular weight excluding hydrogens is 711 g/mol. The second-order valence-corrected chi connectivity index (χ2v) is 16.7. The van der Waals surface area contributed by atoms with Crippen molar-refractivity contribution in [2.45, 2.75) is 38.5 Å². The van der Waals surface area contributed by atoms with Crippen LogP contribution in [0.15, 0.2) is 200 Å². The molecule has 0 saturated carbocycles. The van der Waals surface area contributed by atoms with Gasteiger partial charge in [-0.2, -0.15) is 0 Å². The topological polar surface area (TPSA) is 3.24 Å². The molecule has 0 aromatic heterocycles. The molecule has 0 fully saturated rings. The van der Waals surface area contributed by atoms with Gasteiger partial charge in [0.25, 0.3) is 0 Å². The molecule has 0 amide bonds. The number of hydrogen-bond donors (Lipinski definition) is 0. The summed E-state index contributed by atoms with van der Waals surface area (Å²) in [6.45, 7) is 8.50. The van der Waals surface area contributed by atoms with Crippen LogP contribution in [0.4, 0.5) is 17.1 Å². The number of hydrogen-bond acceptors (Lipinski definition) is 1. The first-order valence-corrected chi connectivity index (χ1v) is 20.2. The van der Waals surface area contributed by atoms with Crippen LogP contribution in [0.5, 0.6) is 0 Å². The van der Waals surface area contributed by atoms with Gasteiger partial charge in [0, 0.05) is 27.9 Å². The Morgan fingerprint density at radius 1 is 0.356 bits per heavy atom. The summed E-state index contributed by atoms with van der Waals surface area (Å²) in [5.41, 5.74) is 10.5. The first-order valence-electron chi connectivity index (χ1n) is 24.2. The van der Waals surface area contributed by atoms with E-state index >= 15 is 0 Å². The quantitative estimate of drug-likeness (QED) is 0.163. The lowest BCUT2D eigenvalue weighted by Gasteiger charge is -2.29. The zero-order valence-corrected chi connectivity index (χ0v) is 33.4. The summed E-state index contributed by atoms with van der Waals surface area (Å²) in [5, 5.41) is 2.12. The van der Waals surface area contributed by atoms with E-state index in [0.29, 0.717) is 16.8 Å². The minimum atomic E-state index is -0.503. The van der Waals surface area contributed by atoms with E-state index in [1.807, 2.05) is 103 Å². The van der Waals surface area contributed by atoms with Crippen molar-refractivity contribution in [2.24, 2.45) is 0 Å². The largest absolute Gasteiger partial charge is 0.310 e. The number of rotatable bonds is 6. The Balaban J connectivity index is 1.14. The highest BCUT2D eigenvalue weighted by atomic mass is 15.1. The fraction of sp³-hybridized carbons (Fsp3) is 0.103. The molecule has 282 valence electrons. The van der Waals surface area contributed by atoms with Crippen LogP contribution < -0.4 is 4.90 Å². The summed E-state index contributed by atoms with van der Waals surface area (Å²) in [4.78, 5) is 1.43. The fourth-order valence-electron chi connectivity index (χ4n) is 9.69. The lowest BCUT2D eigenvalue weighted by molar-refractivity contribution is 0.660. The van der Waals surface area contributed by atoms with E-state index in [9.17, 15) is 11.0 Å². The van der Waals surface area contributed by atoms with E-state index in [4.69, 9.17) is 0 Å². The zero-order valence-electron chi connectivity index (χ0n) is 41.4. The van der Waals surface area contributed by atoms with Gasteiger partial charge < -0.3 is 4.90 Å². The first-order chi connectivity index (χ1) is 32.1. The Morgan fingerprint density at radius 2 is 0.881 bits per heavy atom. The predicted molar refractivity (Wildman–Crippen MR) is 250 cm³/mol. The molecule has 0 spiro atoms. The van der Waals surface area contributed by atoms with Crippen molar-refractivity contribution in [3.63, 3.8) is 0 Å². The van der Waals surface area contributed by atoms with Crippen molar-refractivity contribution < 1.29 is 11.0 Å². The predicted octanol–water partition coefficient (Wildman–Crippen LogP) is 15.9. The Kier molecular flexibility index (Phi) is 6.23. The minimum Gasteiger partial charge on any atom is -0.310 e. The molecule has 2 aliphatic rings. The number of nitrogens with zero attached hydrogens (tertiary/aromatic N) is 1. The van der Waals surface area contributed by atoms with Gasteiger partial charge in [0.15, 0.2) is 0 Å². The average molecular weight is 764 g/mol. The summed E-state index contributed by atoms with van der Waals surface area (Å²) < 4.78 is 78.0. The molecule has 59 heavy (non-hydrogen) atoms. The third-order valence-electron chi connectivity index (χ3n) is 12.6. The van der Waals surface area contributed by atoms with Gasteiger partial charge in [-0.15, -0.1) is 0 Å². The van der Waals surface area contributed by atoms with E-state index in [1.165, 1.54) is 4.90 Å². The van der Waals surface area contributed by atoms with Crippen LogP contribution in [0.3, 0.4) is 0 Å². The maximum absolute atomic E-state index is 9.85. The van der Waals surface area contributed by atoms with Crippen LogP contribution >= 0.6 is 0 Å². The molecule has 1 nitrogen and oxygen atoms in total. The Hall–Kier alpha value is -6.96. The SMILES string of the molecule is [2H]c1c([2H])c(N(c2ccc3c(c2)C(C)(C)c2ccccc2-3)c2c([2H])c([2H])c(-c3cccc4c3C(C)(C)c3ccccc3-4)c([2H])c2[2H])c([2H])c([2H])c1-c1cccc(-c2cccc3ccccc23)c1. The van der Waals surface area contributed by atoms with E-state index < -0.39 is 10.8 Å². The molecule has 9 aromatic carbocycles. The van der Waals surface area contributed by atoms with Gasteiger partial charge in [-0.05, 0) is 131 Å². The van der Waals surface area contributed by atoms with Crippen LogP contribution in [0, 0.1) is 0 Å². The van der Waals surface area contributed by atoms with Gasteiger partial charge in [-0.25, -0.2) is 0 Å². The second kappa shape index (κ2) is 13.3. The van der Waals surface area contributed by atoms with Crippen LogP contribution in [0.2, 0.25) is 0 Å². The van der Waals surface area contributed by atoms with E-state index in [1.54, 1.807) is 6.07 Å². The molecule has 0 N–H and O–H groups in total. The van der Waals surface area contributed by atoms with Gasteiger partial charge in [0.1, 0.15) is 0 Å². The summed E-state index contributed by atoms with van der Waals surface area (Å²) in [6, 6.07) is 46.9. The maximum atomic E-state index is 9.85. The molecule has 2 aliphatic carbocycles. The smallest absolute Gasteiger partial charge is 0.0645 e. The lowest BCUT2D eigenvalue weighted by Crippen LogP contribution is -2.16. The van der Waals surface area contributed by atoms with Crippen molar-refractivity contribution in [2.75, 3.05) is 4.90 Å². The van der Waals surface area contributed by atoms with Crippen molar-refractivity contribution in [3.05, 3.63) is 222 Å². The number of anilines is 3. The minimum absolute atomic E-state index is 0.114. The molecule has 0 bridgehead atoms. The molecule has 0 atom stereocenters. The zero-order chi connectivity index (χ0) is 46.8. The highest BCUT2D eigenvalue weighted by molar-refractivity contribution is 5.97. The van der Waals surface area contributed by atoms with Crippen LogP contribution in [-0.2, 0) is 10.8 Å². The number of benzene rings is 9. The Labute approximate surface area is 359 Å². The third kappa shape index (κ3) is 5.53. The van der Waals surface area contributed by atoms with Crippen LogP contribution in [-0.4, -0.2) is 0 Å². The Morgan fingerprint density at radius 3 is 1.64 bits per heavy atom. The summed E-state index contributed by atoms with van der Waals surface area (Å²) in [7, 11) is 0. The van der Waals surface area contributed by atoms with Gasteiger partial charge in [-0.1, -0.05) is 185 Å². The molecule has 0 aliphatic heterocycles. The average Bonchev–Trinajstić information content (AvgIpc) is 3.72. The first kappa shape index (κ1) is 27.6. The molecule has 9 aromatic rings. The molecular formula is C58H45N. The van der Waals surface area contributed by atoms with E-state index in [2.05, 4.69) is 70.2 Å².